The SMILES string of the molecule is CC(=O)C[C@H]1O[C@@H]2[C@H](C[C@H]1C)O[C@@]1(C[C@@H]2C)C[C@H](C)[C@@H]2O[C@](CC(C)C)(C(C)C)C[C@@H]2O1.CC(C)C[C@H](C)[C@@H]1C[C@@H]2O[C@@]3(C[C@H](C)[C@@H]2O1)C[C@H](C)[C@@H]1O[C@](CC(C)C)(C(C)C)C[C@@H]1O3.CC[C@H](C)[C@@H]1C[C@H]2C[C@@H]3[C@H](C[C@H]2O1)O[C@@]1(C[C@@H]3C)C[C@H](C)[C@@H]2O[C@](CC(C)C)(C(C)C)C[C@@H]2O1. The van der Waals surface area contributed by atoms with Gasteiger partial charge in [-0.1, -0.05) is 173 Å². The van der Waals surface area contributed by atoms with Crippen LogP contribution in [0, 0.1) is 107 Å². The molecule has 1 aliphatic carbocycles. The number of ether oxygens (including phenoxy) is 12. The second kappa shape index (κ2) is 30.4. The van der Waals surface area contributed by atoms with Gasteiger partial charge >= 0.3 is 0 Å². The van der Waals surface area contributed by atoms with E-state index in [0.717, 1.165) is 102 Å². The molecule has 12 heterocycles. The van der Waals surface area contributed by atoms with E-state index in [1.165, 1.54) is 25.7 Å². The van der Waals surface area contributed by atoms with Crippen LogP contribution >= 0.6 is 0 Å². The Labute approximate surface area is 598 Å². The summed E-state index contributed by atoms with van der Waals surface area (Å²) in [4.78, 5) is 11.7. The quantitative estimate of drug-likeness (QED) is 0.146. The summed E-state index contributed by atoms with van der Waals surface area (Å²) in [6, 6.07) is 0. The minimum atomic E-state index is -0.536. The number of Topliss-reactive ketones (excluding diaryl/α,β-unsaturated/α-hetero) is 1. The largest absolute Gasteiger partial charge is 0.374 e. The Morgan fingerprint density at radius 1 is 0.357 bits per heavy atom. The molecule has 0 amide bonds. The van der Waals surface area contributed by atoms with Gasteiger partial charge in [0.15, 0.2) is 17.4 Å². The zero-order chi connectivity index (χ0) is 71.3. The molecular formula is C85H148O13. The average molecular weight is 1380 g/mol. The van der Waals surface area contributed by atoms with Crippen molar-refractivity contribution in [1.29, 1.82) is 0 Å². The number of fused-ring (bicyclic) bond motifs is 7. The van der Waals surface area contributed by atoms with Crippen molar-refractivity contribution in [3.05, 3.63) is 0 Å². The Morgan fingerprint density at radius 2 is 0.735 bits per heavy atom. The molecule has 13 heteroatoms. The number of carbonyl (C=O) groups excluding carboxylic acids is 1. The van der Waals surface area contributed by atoms with E-state index in [2.05, 4.69) is 166 Å². The first-order valence-electron chi connectivity index (χ1n) is 41.5. The molecule has 1 saturated carbocycles. The fourth-order valence-electron chi connectivity index (χ4n) is 23.3. The van der Waals surface area contributed by atoms with Gasteiger partial charge in [0.05, 0.1) is 108 Å². The maximum absolute atomic E-state index is 11.7. The fraction of sp³-hybridized carbons (Fsp3) is 0.988. The van der Waals surface area contributed by atoms with Crippen molar-refractivity contribution in [3.8, 4) is 0 Å². The summed E-state index contributed by atoms with van der Waals surface area (Å²) >= 11 is 0. The van der Waals surface area contributed by atoms with E-state index in [1.807, 2.05) is 0 Å². The summed E-state index contributed by atoms with van der Waals surface area (Å²) in [6.07, 6.45) is 23.1. The molecular weight excluding hydrogens is 1230 g/mol. The smallest absolute Gasteiger partial charge is 0.170 e. The van der Waals surface area contributed by atoms with E-state index in [1.54, 1.807) is 6.92 Å². The van der Waals surface area contributed by atoms with Gasteiger partial charge in [-0.25, -0.2) is 0 Å². The highest BCUT2D eigenvalue weighted by Crippen LogP contribution is 2.59. The highest BCUT2D eigenvalue weighted by Gasteiger charge is 2.65. The van der Waals surface area contributed by atoms with Crippen LogP contribution in [0.3, 0.4) is 0 Å². The van der Waals surface area contributed by atoms with E-state index < -0.39 is 17.4 Å². The Hall–Kier alpha value is -0.810. The summed E-state index contributed by atoms with van der Waals surface area (Å²) in [5, 5.41) is 0. The molecule has 32 atom stereocenters. The molecule has 13 fully saturated rings. The molecule has 13 aliphatic rings. The fourth-order valence-corrected chi connectivity index (χ4v) is 23.3. The topological polar surface area (TPSA) is 128 Å². The molecule has 0 aromatic carbocycles. The summed E-state index contributed by atoms with van der Waals surface area (Å²) in [6.45, 7) is 57.3. The van der Waals surface area contributed by atoms with Crippen LogP contribution in [0.4, 0.5) is 0 Å². The first-order chi connectivity index (χ1) is 45.9. The van der Waals surface area contributed by atoms with E-state index in [9.17, 15) is 4.79 Å². The van der Waals surface area contributed by atoms with Crippen molar-refractivity contribution >= 4 is 5.78 Å². The van der Waals surface area contributed by atoms with Gasteiger partial charge in [-0.05, 0) is 158 Å². The third-order valence-corrected chi connectivity index (χ3v) is 28.1. The third-order valence-electron chi connectivity index (χ3n) is 28.1. The molecule has 13 nitrogen and oxygen atoms in total. The molecule has 0 bridgehead atoms. The van der Waals surface area contributed by atoms with Crippen molar-refractivity contribution in [1.82, 2.24) is 0 Å². The average Bonchev–Trinajstić information content (AvgIpc) is 1.39. The zero-order valence-electron chi connectivity index (χ0n) is 67.0. The van der Waals surface area contributed by atoms with Gasteiger partial charge in [0.25, 0.3) is 0 Å². The molecule has 3 spiro atoms. The van der Waals surface area contributed by atoms with Gasteiger partial charge in [-0.2, -0.15) is 0 Å². The maximum atomic E-state index is 11.7. The zero-order valence-corrected chi connectivity index (χ0v) is 67.0. The summed E-state index contributed by atoms with van der Waals surface area (Å²) in [7, 11) is 0. The van der Waals surface area contributed by atoms with E-state index in [4.69, 9.17) is 56.8 Å². The molecule has 566 valence electrons. The number of ketones is 1. The van der Waals surface area contributed by atoms with Gasteiger partial charge in [0, 0.05) is 77.0 Å². The highest BCUT2D eigenvalue weighted by molar-refractivity contribution is 5.76. The van der Waals surface area contributed by atoms with Crippen LogP contribution in [0.25, 0.3) is 0 Å². The number of hydrogen-bond donors (Lipinski definition) is 0. The molecule has 12 saturated heterocycles. The highest BCUT2D eigenvalue weighted by atomic mass is 16.7. The molecule has 0 N–H and O–H groups in total. The van der Waals surface area contributed by atoms with Crippen molar-refractivity contribution in [2.24, 2.45) is 107 Å². The van der Waals surface area contributed by atoms with Crippen LogP contribution in [0.5, 0.6) is 0 Å². The lowest BCUT2D eigenvalue weighted by Crippen LogP contribution is -2.61. The maximum Gasteiger partial charge on any atom is 0.170 e. The molecule has 0 radical (unpaired) electrons. The minimum Gasteiger partial charge on any atom is -0.374 e. The van der Waals surface area contributed by atoms with Gasteiger partial charge in [0.1, 0.15) is 5.78 Å². The summed E-state index contributed by atoms with van der Waals surface area (Å²) in [5.41, 5.74) is -0.235. The van der Waals surface area contributed by atoms with Gasteiger partial charge in [0.2, 0.25) is 0 Å². The lowest BCUT2D eigenvalue weighted by molar-refractivity contribution is -0.368. The standard InChI is InChI=1S/C30H52O4.C28H50O4.C27H46O5/c1-9-19(6)24-11-22-10-23-20(7)14-30(32-26(23)12-25(22)31-24)15-21(8)28-27(33-30)16-29(34-28,18(4)5)13-17(2)3;1-16(2)10-19(7)22-11-23-25(29-22)20(8)13-28(30-23)14-21(9)26-24(31-28)15-27(32-26,18(5)6)12-17(3)4;1-15(2)11-26(16(3)4)14-23-25(32-26)19(7)13-27(31-23)12-18(6)24-22(30-27)9-17(5)21(29-24)10-20(8)28/h17-28H,9-16H2,1-8H3;16-26H,10-15H2,1-9H3;15-19,21-25H,9-14H2,1-8H3/t19-,20-,21-,22+,23-,24-,25+,26-,27-,28-,29-,30+;19-,20-,21-,22-,23-,24-,25-,26-,27-,28+;17-,18+,19+,21-,22+,23+,24+,25+,26+,27-/m001/s1. The molecule has 0 aromatic rings. The Kier molecular flexibility index (Phi) is 24.3. The van der Waals surface area contributed by atoms with Crippen molar-refractivity contribution < 1.29 is 61.6 Å². The molecule has 0 aromatic heterocycles. The van der Waals surface area contributed by atoms with Crippen LogP contribution in [-0.4, -0.2) is 132 Å². The second-order valence-corrected chi connectivity index (χ2v) is 39.5. The number of rotatable bonds is 16. The Bertz CT molecular complexity index is 2610. The van der Waals surface area contributed by atoms with E-state index >= 15 is 0 Å². The van der Waals surface area contributed by atoms with Crippen molar-refractivity contribution in [2.75, 3.05) is 0 Å². The minimum absolute atomic E-state index is 0.00959. The summed E-state index contributed by atoms with van der Waals surface area (Å²) in [5.74, 6) is 8.43. The predicted molar refractivity (Wildman–Crippen MR) is 388 cm³/mol. The van der Waals surface area contributed by atoms with Crippen LogP contribution in [0.2, 0.25) is 0 Å². The normalized spacial score (nSPS) is 49.3. The van der Waals surface area contributed by atoms with E-state index in [-0.39, 0.29) is 95.8 Å². The van der Waals surface area contributed by atoms with Gasteiger partial charge in [-0.3, -0.25) is 4.79 Å². The Balaban J connectivity index is 0.000000149. The van der Waals surface area contributed by atoms with Crippen LogP contribution < -0.4 is 0 Å². The molecule has 13 rings (SSSR count). The first-order valence-corrected chi connectivity index (χ1v) is 41.5. The number of hydrogen-bond acceptors (Lipinski definition) is 13. The molecule has 12 aliphatic heterocycles. The predicted octanol–water partition coefficient (Wildman–Crippen LogP) is 19.1. The lowest BCUT2D eigenvalue weighted by Gasteiger charge is -2.55. The first kappa shape index (κ1) is 78.3. The van der Waals surface area contributed by atoms with Crippen molar-refractivity contribution in [3.63, 3.8) is 0 Å². The van der Waals surface area contributed by atoms with Crippen molar-refractivity contribution in [2.45, 2.75) is 427 Å². The second-order valence-electron chi connectivity index (χ2n) is 39.5. The molecule has 0 unspecified atom stereocenters. The van der Waals surface area contributed by atoms with Gasteiger partial charge in [-0.15, -0.1) is 0 Å². The van der Waals surface area contributed by atoms with Crippen LogP contribution in [0.15, 0.2) is 0 Å². The third kappa shape index (κ3) is 16.2. The monoisotopic (exact) mass is 1380 g/mol. The van der Waals surface area contributed by atoms with E-state index in [0.29, 0.717) is 125 Å². The van der Waals surface area contributed by atoms with Gasteiger partial charge < -0.3 is 56.8 Å². The lowest BCUT2D eigenvalue weighted by atomic mass is 9.67. The summed E-state index contributed by atoms with van der Waals surface area (Å²) < 4.78 is 81.8. The van der Waals surface area contributed by atoms with Crippen LogP contribution in [-0.2, 0) is 61.6 Å². The number of carbonyl (C=O) groups is 1. The van der Waals surface area contributed by atoms with Crippen LogP contribution in [0.1, 0.15) is 302 Å². The Morgan fingerprint density at radius 3 is 1.13 bits per heavy atom. The molecule has 98 heavy (non-hydrogen) atoms.